The summed E-state index contributed by atoms with van der Waals surface area (Å²) in [6.45, 7) is 5.97. The van der Waals surface area contributed by atoms with Crippen LogP contribution in [0.3, 0.4) is 0 Å². The maximum absolute atomic E-state index is 4.74. The van der Waals surface area contributed by atoms with Crippen molar-refractivity contribution < 1.29 is 0 Å². The van der Waals surface area contributed by atoms with Crippen molar-refractivity contribution in [1.82, 2.24) is 19.6 Å². The normalized spacial score (nSPS) is 15.1. The molecule has 0 spiro atoms. The minimum Gasteiger partial charge on any atom is -0.350 e. The highest BCUT2D eigenvalue weighted by Gasteiger charge is 2.15. The van der Waals surface area contributed by atoms with E-state index < -0.39 is 0 Å². The lowest BCUT2D eigenvalue weighted by Crippen LogP contribution is -2.23. The lowest BCUT2D eigenvalue weighted by atomic mass is 9.96. The number of hydrogen-bond donors (Lipinski definition) is 1. The maximum atomic E-state index is 4.74. The minimum absolute atomic E-state index is 0.491. The molecule has 3 aromatic rings. The second-order valence-corrected chi connectivity index (χ2v) is 7.48. The first-order chi connectivity index (χ1) is 13.1. The molecule has 1 fully saturated rings. The predicted octanol–water partition coefficient (Wildman–Crippen LogP) is 4.96. The lowest BCUT2D eigenvalue weighted by Gasteiger charge is -2.22. The average Bonchev–Trinajstić information content (AvgIpc) is 3.07. The first kappa shape index (κ1) is 17.6. The van der Waals surface area contributed by atoms with Crippen LogP contribution in [0.25, 0.3) is 16.8 Å². The monoisotopic (exact) mass is 362 g/mol. The summed E-state index contributed by atoms with van der Waals surface area (Å²) in [5.41, 5.74) is 5.76. The Bertz CT molecular complexity index is 978. The summed E-state index contributed by atoms with van der Waals surface area (Å²) in [6.07, 6.45) is 10.2. The first-order valence-corrected chi connectivity index (χ1v) is 9.71. The van der Waals surface area contributed by atoms with E-state index in [1.54, 1.807) is 0 Å². The second kappa shape index (κ2) is 7.47. The van der Waals surface area contributed by atoms with Gasteiger partial charge in [-0.1, -0.05) is 19.3 Å². The molecule has 0 bridgehead atoms. The highest BCUT2D eigenvalue weighted by atomic mass is 15.3. The van der Waals surface area contributed by atoms with E-state index in [0.29, 0.717) is 12.0 Å². The number of aliphatic imine (C=N–C) groups is 1. The molecule has 0 amide bonds. The Hall–Kier alpha value is -2.76. The van der Waals surface area contributed by atoms with Crippen LogP contribution in [0, 0.1) is 6.92 Å². The zero-order valence-electron chi connectivity index (χ0n) is 16.2. The molecular weight excluding hydrogens is 336 g/mol. The van der Waals surface area contributed by atoms with Crippen LogP contribution >= 0.6 is 0 Å². The standard InChI is InChI=1S/C21H26N6/c1-14(2)23-18-9-10-19(24-15(18)3)17-11-12-27-20(17)13-22-21(26-27)25-16-7-5-4-6-8-16/h9-13,16H,4-8H2,1-3H3,(H,25,26). The Labute approximate surface area is 159 Å². The Morgan fingerprint density at radius 1 is 1.15 bits per heavy atom. The van der Waals surface area contributed by atoms with E-state index in [4.69, 9.17) is 4.98 Å². The predicted molar refractivity (Wildman–Crippen MR) is 110 cm³/mol. The highest BCUT2D eigenvalue weighted by Crippen LogP contribution is 2.27. The quantitative estimate of drug-likeness (QED) is 0.666. The number of anilines is 1. The third-order valence-corrected chi connectivity index (χ3v) is 5.03. The summed E-state index contributed by atoms with van der Waals surface area (Å²) in [4.78, 5) is 13.8. The van der Waals surface area contributed by atoms with E-state index >= 15 is 0 Å². The highest BCUT2D eigenvalue weighted by molar-refractivity contribution is 5.83. The van der Waals surface area contributed by atoms with Gasteiger partial charge in [-0.15, -0.1) is 5.10 Å². The molecule has 0 saturated heterocycles. The molecule has 3 aromatic heterocycles. The molecule has 0 unspecified atom stereocenters. The van der Waals surface area contributed by atoms with E-state index in [-0.39, 0.29) is 0 Å². The van der Waals surface area contributed by atoms with Crippen molar-refractivity contribution in [3.05, 3.63) is 36.3 Å². The third kappa shape index (κ3) is 3.84. The molecule has 0 aliphatic heterocycles. The zero-order chi connectivity index (χ0) is 18.8. The van der Waals surface area contributed by atoms with Crippen molar-refractivity contribution in [2.45, 2.75) is 58.9 Å². The van der Waals surface area contributed by atoms with Crippen LogP contribution in [0.15, 0.2) is 35.6 Å². The van der Waals surface area contributed by atoms with Gasteiger partial charge in [0.2, 0.25) is 5.95 Å². The van der Waals surface area contributed by atoms with Gasteiger partial charge in [0.05, 0.1) is 28.8 Å². The molecule has 6 nitrogen and oxygen atoms in total. The van der Waals surface area contributed by atoms with E-state index in [0.717, 1.165) is 33.9 Å². The topological polar surface area (TPSA) is 67.5 Å². The van der Waals surface area contributed by atoms with Crippen LogP contribution in [-0.4, -0.2) is 31.3 Å². The Morgan fingerprint density at radius 3 is 2.70 bits per heavy atom. The van der Waals surface area contributed by atoms with Gasteiger partial charge in [-0.3, -0.25) is 9.98 Å². The number of rotatable bonds is 4. The number of aryl methyl sites for hydroxylation is 1. The lowest BCUT2D eigenvalue weighted by molar-refractivity contribution is 0.460. The van der Waals surface area contributed by atoms with Crippen LogP contribution in [0.5, 0.6) is 0 Å². The van der Waals surface area contributed by atoms with Crippen molar-refractivity contribution in [2.75, 3.05) is 5.32 Å². The molecule has 1 aliphatic rings. The number of hydrogen-bond acceptors (Lipinski definition) is 5. The van der Waals surface area contributed by atoms with E-state index in [1.807, 2.05) is 55.9 Å². The van der Waals surface area contributed by atoms with Crippen LogP contribution in [0.1, 0.15) is 51.6 Å². The van der Waals surface area contributed by atoms with Gasteiger partial charge in [-0.05, 0) is 51.8 Å². The molecule has 140 valence electrons. The number of aromatic nitrogens is 4. The molecule has 0 atom stereocenters. The molecule has 0 aromatic carbocycles. The fourth-order valence-corrected chi connectivity index (χ4v) is 3.68. The van der Waals surface area contributed by atoms with E-state index in [9.17, 15) is 0 Å². The molecule has 1 N–H and O–H groups in total. The van der Waals surface area contributed by atoms with E-state index in [1.165, 1.54) is 32.1 Å². The van der Waals surface area contributed by atoms with Crippen LogP contribution in [-0.2, 0) is 0 Å². The smallest absolute Gasteiger partial charge is 0.241 e. The first-order valence-electron chi connectivity index (χ1n) is 9.71. The summed E-state index contributed by atoms with van der Waals surface area (Å²) >= 11 is 0. The molecule has 0 radical (unpaired) electrons. The minimum atomic E-state index is 0.491. The zero-order valence-corrected chi connectivity index (χ0v) is 16.2. The van der Waals surface area contributed by atoms with Crippen LogP contribution in [0.2, 0.25) is 0 Å². The summed E-state index contributed by atoms with van der Waals surface area (Å²) in [7, 11) is 0. The van der Waals surface area contributed by atoms with Crippen molar-refractivity contribution in [3.63, 3.8) is 0 Å². The molecule has 27 heavy (non-hydrogen) atoms. The van der Waals surface area contributed by atoms with Gasteiger partial charge >= 0.3 is 0 Å². The Balaban J connectivity index is 1.61. The fourth-order valence-electron chi connectivity index (χ4n) is 3.68. The SMILES string of the molecule is CC(C)=Nc1ccc(-c2ccn3nc(NC4CCCCC4)ncc23)nc1C. The molecule has 3 heterocycles. The number of fused-ring (bicyclic) bond motifs is 1. The van der Waals surface area contributed by atoms with Crippen molar-refractivity contribution in [3.8, 4) is 11.3 Å². The number of pyridine rings is 1. The average molecular weight is 362 g/mol. The van der Waals surface area contributed by atoms with Crippen molar-refractivity contribution >= 4 is 22.9 Å². The van der Waals surface area contributed by atoms with Gasteiger partial charge in [0.15, 0.2) is 0 Å². The molecule has 6 heteroatoms. The Kier molecular flexibility index (Phi) is 4.88. The van der Waals surface area contributed by atoms with Crippen molar-refractivity contribution in [1.29, 1.82) is 0 Å². The fraction of sp³-hybridized carbons (Fsp3) is 0.429. The van der Waals surface area contributed by atoms with Crippen molar-refractivity contribution in [2.24, 2.45) is 4.99 Å². The summed E-state index contributed by atoms with van der Waals surface area (Å²) in [5.74, 6) is 0.698. The van der Waals surface area contributed by atoms with E-state index in [2.05, 4.69) is 20.4 Å². The van der Waals surface area contributed by atoms with Crippen LogP contribution < -0.4 is 5.32 Å². The van der Waals surface area contributed by atoms with Gasteiger partial charge in [0.25, 0.3) is 0 Å². The molecular formula is C21H26N6. The summed E-state index contributed by atoms with van der Waals surface area (Å²) in [5, 5.41) is 8.12. The van der Waals surface area contributed by atoms with Gasteiger partial charge in [0.1, 0.15) is 0 Å². The molecule has 1 aliphatic carbocycles. The van der Waals surface area contributed by atoms with Gasteiger partial charge in [-0.25, -0.2) is 9.50 Å². The summed E-state index contributed by atoms with van der Waals surface area (Å²) < 4.78 is 1.88. The molecule has 1 saturated carbocycles. The second-order valence-electron chi connectivity index (χ2n) is 7.48. The van der Waals surface area contributed by atoms with Gasteiger partial charge in [-0.2, -0.15) is 0 Å². The van der Waals surface area contributed by atoms with Gasteiger partial charge < -0.3 is 5.32 Å². The van der Waals surface area contributed by atoms with Crippen LogP contribution in [0.4, 0.5) is 11.6 Å². The Morgan fingerprint density at radius 2 is 1.96 bits per heavy atom. The molecule has 4 rings (SSSR count). The third-order valence-electron chi connectivity index (χ3n) is 5.03. The summed E-state index contributed by atoms with van der Waals surface area (Å²) in [6, 6.07) is 6.57. The maximum Gasteiger partial charge on any atom is 0.241 e. The number of nitrogens with zero attached hydrogens (tertiary/aromatic N) is 5. The largest absolute Gasteiger partial charge is 0.350 e. The van der Waals surface area contributed by atoms with Gasteiger partial charge in [0, 0.05) is 23.5 Å². The number of nitrogens with one attached hydrogen (secondary N) is 1.